The average molecular weight is 397 g/mol. The molecule has 29 heavy (non-hydrogen) atoms. The van der Waals surface area contributed by atoms with Gasteiger partial charge in [0, 0.05) is 25.3 Å². The smallest absolute Gasteiger partial charge is 0.235 e. The Labute approximate surface area is 172 Å². The second-order valence-electron chi connectivity index (χ2n) is 8.15. The molecule has 1 N–H and O–H groups in total. The van der Waals surface area contributed by atoms with Gasteiger partial charge in [-0.1, -0.05) is 37.1 Å². The first-order chi connectivity index (χ1) is 14.2. The average Bonchev–Trinajstić information content (AvgIpc) is 3.25. The number of nitrogens with one attached hydrogen (secondary N) is 1. The first kappa shape index (κ1) is 20.0. The monoisotopic (exact) mass is 396 g/mol. The van der Waals surface area contributed by atoms with Crippen LogP contribution in [0.3, 0.4) is 0 Å². The lowest BCUT2D eigenvalue weighted by atomic mass is 9.78. The van der Waals surface area contributed by atoms with Crippen LogP contribution in [0.15, 0.2) is 48.5 Å². The van der Waals surface area contributed by atoms with Gasteiger partial charge in [0.15, 0.2) is 0 Å². The van der Waals surface area contributed by atoms with Gasteiger partial charge in [-0.2, -0.15) is 0 Å². The van der Waals surface area contributed by atoms with Crippen LogP contribution in [0.1, 0.15) is 36.8 Å². The molecule has 0 radical (unpaired) electrons. The maximum absolute atomic E-state index is 13.8. The Morgan fingerprint density at radius 1 is 1.07 bits per heavy atom. The number of amides is 1. The number of halogens is 1. The number of hydrogen-bond donors (Lipinski definition) is 1. The molecule has 154 valence electrons. The third-order valence-corrected chi connectivity index (χ3v) is 6.30. The molecule has 4 rings (SSSR count). The molecule has 2 aromatic carbocycles. The second-order valence-corrected chi connectivity index (χ2v) is 8.15. The van der Waals surface area contributed by atoms with Gasteiger partial charge in [-0.05, 0) is 54.7 Å². The standard InChI is InChI=1S/C24H29FN2O2/c25-21-5-3-4-20(18-21)24(11-1-2-12-24)23(28)26-22-8-6-19(7-9-22)10-13-27-14-16-29-17-15-27/h3-9,18H,1-2,10-17H2,(H,26,28). The van der Waals surface area contributed by atoms with E-state index in [1.54, 1.807) is 6.07 Å². The third-order valence-electron chi connectivity index (χ3n) is 6.30. The SMILES string of the molecule is O=C(Nc1ccc(CCN2CCOCC2)cc1)C1(c2cccc(F)c2)CCCC1. The van der Waals surface area contributed by atoms with Crippen LogP contribution >= 0.6 is 0 Å². The number of nitrogens with zero attached hydrogens (tertiary/aromatic N) is 1. The molecule has 1 aliphatic carbocycles. The van der Waals surface area contributed by atoms with Crippen LogP contribution in [0.2, 0.25) is 0 Å². The van der Waals surface area contributed by atoms with Gasteiger partial charge in [-0.3, -0.25) is 9.69 Å². The summed E-state index contributed by atoms with van der Waals surface area (Å²) in [6.45, 7) is 4.65. The van der Waals surface area contributed by atoms with Gasteiger partial charge in [0.1, 0.15) is 5.82 Å². The van der Waals surface area contributed by atoms with Gasteiger partial charge in [0.25, 0.3) is 0 Å². The van der Waals surface area contributed by atoms with Gasteiger partial charge in [-0.15, -0.1) is 0 Å². The fourth-order valence-corrected chi connectivity index (χ4v) is 4.53. The quantitative estimate of drug-likeness (QED) is 0.798. The highest BCUT2D eigenvalue weighted by Crippen LogP contribution is 2.42. The van der Waals surface area contributed by atoms with E-state index in [1.807, 2.05) is 18.2 Å². The van der Waals surface area contributed by atoms with E-state index in [2.05, 4.69) is 22.3 Å². The summed E-state index contributed by atoms with van der Waals surface area (Å²) in [6.07, 6.45) is 4.50. The molecule has 1 amide bonds. The Morgan fingerprint density at radius 3 is 2.48 bits per heavy atom. The molecule has 2 fully saturated rings. The second kappa shape index (κ2) is 9.06. The Morgan fingerprint density at radius 2 is 1.79 bits per heavy atom. The van der Waals surface area contributed by atoms with Gasteiger partial charge in [-0.25, -0.2) is 4.39 Å². The van der Waals surface area contributed by atoms with E-state index in [1.165, 1.54) is 17.7 Å². The van der Waals surface area contributed by atoms with Crippen LogP contribution < -0.4 is 5.32 Å². The van der Waals surface area contributed by atoms with Crippen molar-refractivity contribution >= 4 is 11.6 Å². The maximum Gasteiger partial charge on any atom is 0.235 e. The van der Waals surface area contributed by atoms with E-state index in [4.69, 9.17) is 4.74 Å². The van der Waals surface area contributed by atoms with Crippen molar-refractivity contribution in [2.45, 2.75) is 37.5 Å². The number of carbonyl (C=O) groups is 1. The summed E-state index contributed by atoms with van der Waals surface area (Å²) in [4.78, 5) is 15.6. The van der Waals surface area contributed by atoms with Crippen molar-refractivity contribution in [2.75, 3.05) is 38.2 Å². The number of benzene rings is 2. The van der Waals surface area contributed by atoms with Gasteiger partial charge in [0.2, 0.25) is 5.91 Å². The molecule has 0 aromatic heterocycles. The Hall–Kier alpha value is -2.24. The minimum Gasteiger partial charge on any atom is -0.379 e. The zero-order chi connectivity index (χ0) is 20.1. The van der Waals surface area contributed by atoms with Crippen LogP contribution in [0, 0.1) is 5.82 Å². The largest absolute Gasteiger partial charge is 0.379 e. The molecular formula is C24H29FN2O2. The molecule has 0 atom stereocenters. The van der Waals surface area contributed by atoms with Gasteiger partial charge in [0.05, 0.1) is 18.6 Å². The minimum absolute atomic E-state index is 0.0262. The molecule has 0 unspecified atom stereocenters. The molecule has 2 aromatic rings. The molecule has 5 heteroatoms. The van der Waals surface area contributed by atoms with Crippen molar-refractivity contribution in [1.29, 1.82) is 0 Å². The molecular weight excluding hydrogens is 367 g/mol. The van der Waals surface area contributed by atoms with E-state index < -0.39 is 5.41 Å². The fraction of sp³-hybridized carbons (Fsp3) is 0.458. The predicted molar refractivity (Wildman–Crippen MR) is 113 cm³/mol. The zero-order valence-corrected chi connectivity index (χ0v) is 16.8. The van der Waals surface area contributed by atoms with E-state index in [-0.39, 0.29) is 11.7 Å². The first-order valence-electron chi connectivity index (χ1n) is 10.6. The van der Waals surface area contributed by atoms with Crippen LogP contribution in [-0.4, -0.2) is 43.7 Å². The first-order valence-corrected chi connectivity index (χ1v) is 10.6. The molecule has 1 saturated heterocycles. The molecule has 1 saturated carbocycles. The Kier molecular flexibility index (Phi) is 6.26. The van der Waals surface area contributed by atoms with Crippen molar-refractivity contribution in [3.05, 3.63) is 65.5 Å². The van der Waals surface area contributed by atoms with Crippen LogP contribution in [0.5, 0.6) is 0 Å². The minimum atomic E-state index is -0.628. The predicted octanol–water partition coefficient (Wildman–Crippen LogP) is 4.15. The van der Waals surface area contributed by atoms with E-state index in [0.29, 0.717) is 0 Å². The molecule has 0 spiro atoms. The van der Waals surface area contributed by atoms with E-state index in [0.717, 1.165) is 76.2 Å². The van der Waals surface area contributed by atoms with Crippen molar-refractivity contribution in [2.24, 2.45) is 0 Å². The normalized spacial score (nSPS) is 19.2. The lowest BCUT2D eigenvalue weighted by Gasteiger charge is -2.28. The number of anilines is 1. The molecule has 4 nitrogen and oxygen atoms in total. The van der Waals surface area contributed by atoms with Crippen molar-refractivity contribution in [3.63, 3.8) is 0 Å². The summed E-state index contributed by atoms with van der Waals surface area (Å²) in [5, 5.41) is 3.09. The summed E-state index contributed by atoms with van der Waals surface area (Å²) in [7, 11) is 0. The number of carbonyl (C=O) groups excluding carboxylic acids is 1. The highest BCUT2D eigenvalue weighted by molar-refractivity contribution is 5.99. The third kappa shape index (κ3) is 4.68. The number of hydrogen-bond acceptors (Lipinski definition) is 3. The van der Waals surface area contributed by atoms with Crippen molar-refractivity contribution < 1.29 is 13.9 Å². The van der Waals surface area contributed by atoms with Gasteiger partial charge >= 0.3 is 0 Å². The van der Waals surface area contributed by atoms with Crippen molar-refractivity contribution in [1.82, 2.24) is 4.90 Å². The maximum atomic E-state index is 13.8. The molecule has 1 aliphatic heterocycles. The number of ether oxygens (including phenoxy) is 1. The highest BCUT2D eigenvalue weighted by Gasteiger charge is 2.42. The lowest BCUT2D eigenvalue weighted by Crippen LogP contribution is -2.38. The van der Waals surface area contributed by atoms with E-state index >= 15 is 0 Å². The Bertz CT molecular complexity index is 825. The topological polar surface area (TPSA) is 41.6 Å². The summed E-state index contributed by atoms with van der Waals surface area (Å²) < 4.78 is 19.2. The molecule has 1 heterocycles. The van der Waals surface area contributed by atoms with Gasteiger partial charge < -0.3 is 10.1 Å². The van der Waals surface area contributed by atoms with Crippen molar-refractivity contribution in [3.8, 4) is 0 Å². The summed E-state index contributed by atoms with van der Waals surface area (Å²) in [5.41, 5.74) is 2.22. The summed E-state index contributed by atoms with van der Waals surface area (Å²) >= 11 is 0. The fourth-order valence-electron chi connectivity index (χ4n) is 4.53. The van der Waals surface area contributed by atoms with E-state index in [9.17, 15) is 9.18 Å². The summed E-state index contributed by atoms with van der Waals surface area (Å²) in [5.74, 6) is -0.312. The highest BCUT2D eigenvalue weighted by atomic mass is 19.1. The van der Waals surface area contributed by atoms with Crippen LogP contribution in [0.25, 0.3) is 0 Å². The molecule has 2 aliphatic rings. The molecule has 0 bridgehead atoms. The number of rotatable bonds is 6. The summed E-state index contributed by atoms with van der Waals surface area (Å²) in [6, 6.07) is 14.6. The Balaban J connectivity index is 1.40. The zero-order valence-electron chi connectivity index (χ0n) is 16.8. The van der Waals surface area contributed by atoms with Crippen LogP contribution in [-0.2, 0) is 21.4 Å². The number of morpholine rings is 1. The lowest BCUT2D eigenvalue weighted by molar-refractivity contribution is -0.121. The van der Waals surface area contributed by atoms with Crippen LogP contribution in [0.4, 0.5) is 10.1 Å².